The van der Waals surface area contributed by atoms with Crippen molar-refractivity contribution in [2.75, 3.05) is 50.1 Å². The van der Waals surface area contributed by atoms with Crippen molar-refractivity contribution < 1.29 is 23.1 Å². The summed E-state index contributed by atoms with van der Waals surface area (Å²) in [7, 11) is 1.57. The lowest BCUT2D eigenvalue weighted by Gasteiger charge is -2.28. The average Bonchev–Trinajstić information content (AvgIpc) is 3.32. The van der Waals surface area contributed by atoms with Crippen molar-refractivity contribution in [3.8, 4) is 11.3 Å². The number of nitrogens with one attached hydrogen (secondary N) is 1. The van der Waals surface area contributed by atoms with E-state index in [1.54, 1.807) is 25.2 Å². The molecule has 1 aromatic heterocycles. The van der Waals surface area contributed by atoms with E-state index in [1.165, 1.54) is 17.2 Å². The van der Waals surface area contributed by atoms with Crippen LogP contribution >= 0.6 is 0 Å². The molecule has 0 saturated carbocycles. The molecular weight excluding hydrogens is 439 g/mol. The maximum absolute atomic E-state index is 13.9. The van der Waals surface area contributed by atoms with Crippen LogP contribution in [0.4, 0.5) is 15.8 Å². The van der Waals surface area contributed by atoms with E-state index in [4.69, 9.17) is 9.15 Å². The Labute approximate surface area is 197 Å². The number of aromatic nitrogens is 1. The van der Waals surface area contributed by atoms with E-state index >= 15 is 0 Å². The molecule has 8 nitrogen and oxygen atoms in total. The van der Waals surface area contributed by atoms with Gasteiger partial charge in [0, 0.05) is 44.4 Å². The summed E-state index contributed by atoms with van der Waals surface area (Å²) in [4.78, 5) is 32.6. The number of halogens is 1. The summed E-state index contributed by atoms with van der Waals surface area (Å²) in [5.74, 6) is -0.253. The number of hydrogen-bond donors (Lipinski definition) is 1. The first-order chi connectivity index (χ1) is 16.5. The third-order valence-corrected chi connectivity index (χ3v) is 5.58. The van der Waals surface area contributed by atoms with Crippen molar-refractivity contribution >= 4 is 23.2 Å². The summed E-state index contributed by atoms with van der Waals surface area (Å²) < 4.78 is 24.8. The van der Waals surface area contributed by atoms with Crippen LogP contribution in [0.15, 0.2) is 59.1 Å². The summed E-state index contributed by atoms with van der Waals surface area (Å²) in [5.41, 5.74) is 2.07. The van der Waals surface area contributed by atoms with Gasteiger partial charge in [-0.25, -0.2) is 9.37 Å². The molecule has 178 valence electrons. The molecule has 0 atom stereocenters. The minimum atomic E-state index is -0.400. The highest BCUT2D eigenvalue weighted by molar-refractivity contribution is 5.94. The van der Waals surface area contributed by atoms with Crippen LogP contribution in [0.5, 0.6) is 0 Å². The zero-order chi connectivity index (χ0) is 23.9. The smallest absolute Gasteiger partial charge is 0.243 e. The highest BCUT2D eigenvalue weighted by atomic mass is 19.1. The molecule has 1 N–H and O–H groups in total. The van der Waals surface area contributed by atoms with Gasteiger partial charge in [0.2, 0.25) is 11.8 Å². The third-order valence-electron chi connectivity index (χ3n) is 5.58. The van der Waals surface area contributed by atoms with Crippen LogP contribution in [-0.4, -0.2) is 61.6 Å². The van der Waals surface area contributed by atoms with Crippen LogP contribution in [0.1, 0.15) is 12.3 Å². The zero-order valence-electron chi connectivity index (χ0n) is 19.0. The highest BCUT2D eigenvalue weighted by Crippen LogP contribution is 2.24. The van der Waals surface area contributed by atoms with Crippen LogP contribution in [0.25, 0.3) is 11.3 Å². The van der Waals surface area contributed by atoms with Crippen molar-refractivity contribution in [2.45, 2.75) is 12.8 Å². The van der Waals surface area contributed by atoms with Crippen molar-refractivity contribution in [3.63, 3.8) is 0 Å². The van der Waals surface area contributed by atoms with E-state index in [0.29, 0.717) is 36.1 Å². The van der Waals surface area contributed by atoms with Gasteiger partial charge in [0.15, 0.2) is 11.7 Å². The fourth-order valence-electron chi connectivity index (χ4n) is 3.70. The topological polar surface area (TPSA) is 87.9 Å². The second-order valence-corrected chi connectivity index (χ2v) is 8.04. The minimum absolute atomic E-state index is 0.0733. The molecule has 0 bridgehead atoms. The SMILES string of the molecule is CN(CC(=O)Nc1ccc(N2CCOCC2)cc1)C(=O)CCc1ncc(-c2ccccc2F)o1. The number of carbonyl (C=O) groups excluding carboxylic acids is 2. The number of ether oxygens (including phenoxy) is 1. The number of anilines is 2. The minimum Gasteiger partial charge on any atom is -0.441 e. The number of benzene rings is 2. The molecule has 0 unspecified atom stereocenters. The Morgan fingerprint density at radius 2 is 1.85 bits per heavy atom. The summed E-state index contributed by atoms with van der Waals surface area (Å²) >= 11 is 0. The largest absolute Gasteiger partial charge is 0.441 e. The van der Waals surface area contributed by atoms with E-state index in [1.807, 2.05) is 24.3 Å². The molecule has 9 heteroatoms. The standard InChI is InChI=1S/C25H27FN4O4/c1-29(17-23(31)28-18-6-8-19(9-7-18)30-12-14-33-15-13-30)25(32)11-10-24-27-16-22(34-24)20-4-2-3-5-21(20)26/h2-9,16H,10-15,17H2,1H3,(H,28,31). The number of likely N-dealkylation sites (N-methyl/N-ethyl adjacent to an activating group) is 1. The van der Waals surface area contributed by atoms with Gasteiger partial charge in [-0.05, 0) is 36.4 Å². The molecule has 1 aliphatic rings. The third kappa shape index (κ3) is 5.99. The molecule has 3 aromatic rings. The van der Waals surface area contributed by atoms with Gasteiger partial charge in [-0.15, -0.1) is 0 Å². The van der Waals surface area contributed by atoms with E-state index in [-0.39, 0.29) is 31.2 Å². The first-order valence-electron chi connectivity index (χ1n) is 11.2. The van der Waals surface area contributed by atoms with Gasteiger partial charge in [-0.2, -0.15) is 0 Å². The Hall–Kier alpha value is -3.72. The Bertz CT molecular complexity index is 1130. The fourth-order valence-corrected chi connectivity index (χ4v) is 3.70. The fraction of sp³-hybridized carbons (Fsp3) is 0.320. The molecule has 0 aliphatic carbocycles. The maximum Gasteiger partial charge on any atom is 0.243 e. The average molecular weight is 467 g/mol. The molecule has 34 heavy (non-hydrogen) atoms. The summed E-state index contributed by atoms with van der Waals surface area (Å²) in [6.07, 6.45) is 1.82. The van der Waals surface area contributed by atoms with E-state index < -0.39 is 5.82 Å². The zero-order valence-corrected chi connectivity index (χ0v) is 19.0. The number of amides is 2. The number of aryl methyl sites for hydroxylation is 1. The Morgan fingerprint density at radius 1 is 1.12 bits per heavy atom. The van der Waals surface area contributed by atoms with Crippen LogP contribution in [0.2, 0.25) is 0 Å². The number of hydrogen-bond acceptors (Lipinski definition) is 6. The summed E-state index contributed by atoms with van der Waals surface area (Å²) in [6, 6.07) is 13.9. The van der Waals surface area contributed by atoms with Gasteiger partial charge in [0.25, 0.3) is 0 Å². The molecule has 4 rings (SSSR count). The van der Waals surface area contributed by atoms with Crippen LogP contribution in [-0.2, 0) is 20.7 Å². The normalized spacial score (nSPS) is 13.5. The molecule has 2 heterocycles. The molecule has 0 spiro atoms. The van der Waals surface area contributed by atoms with Gasteiger partial charge in [0.1, 0.15) is 5.82 Å². The molecule has 2 amide bonds. The van der Waals surface area contributed by atoms with Gasteiger partial charge in [-0.3, -0.25) is 9.59 Å². The Morgan fingerprint density at radius 3 is 2.59 bits per heavy atom. The van der Waals surface area contributed by atoms with Crippen LogP contribution in [0, 0.1) is 5.82 Å². The summed E-state index contributed by atoms with van der Waals surface area (Å²) in [5, 5.41) is 2.82. The molecule has 2 aromatic carbocycles. The van der Waals surface area contributed by atoms with Gasteiger partial charge in [-0.1, -0.05) is 12.1 Å². The lowest BCUT2D eigenvalue weighted by Crippen LogP contribution is -2.36. The van der Waals surface area contributed by atoms with Crippen molar-refractivity contribution in [3.05, 3.63) is 66.4 Å². The summed E-state index contributed by atoms with van der Waals surface area (Å²) in [6.45, 7) is 3.03. The Kier molecular flexibility index (Phi) is 7.54. The van der Waals surface area contributed by atoms with Crippen molar-refractivity contribution in [2.24, 2.45) is 0 Å². The maximum atomic E-state index is 13.9. The van der Waals surface area contributed by atoms with Gasteiger partial charge >= 0.3 is 0 Å². The second kappa shape index (κ2) is 10.9. The van der Waals surface area contributed by atoms with Crippen molar-refractivity contribution in [1.82, 2.24) is 9.88 Å². The van der Waals surface area contributed by atoms with Crippen LogP contribution in [0.3, 0.4) is 0 Å². The predicted octanol–water partition coefficient (Wildman–Crippen LogP) is 3.35. The number of nitrogens with zero attached hydrogens (tertiary/aromatic N) is 3. The van der Waals surface area contributed by atoms with E-state index in [9.17, 15) is 14.0 Å². The van der Waals surface area contributed by atoms with E-state index in [2.05, 4.69) is 15.2 Å². The van der Waals surface area contributed by atoms with Gasteiger partial charge < -0.3 is 24.3 Å². The highest BCUT2D eigenvalue weighted by Gasteiger charge is 2.16. The molecule has 0 radical (unpaired) electrons. The molecule has 1 fully saturated rings. The molecular formula is C25H27FN4O4. The van der Waals surface area contributed by atoms with E-state index in [0.717, 1.165) is 18.8 Å². The number of carbonyl (C=O) groups is 2. The lowest BCUT2D eigenvalue weighted by molar-refractivity contribution is -0.133. The molecule has 1 aliphatic heterocycles. The second-order valence-electron chi connectivity index (χ2n) is 8.04. The number of rotatable bonds is 8. The first kappa shape index (κ1) is 23.4. The van der Waals surface area contributed by atoms with Crippen molar-refractivity contribution in [1.29, 1.82) is 0 Å². The van der Waals surface area contributed by atoms with Crippen LogP contribution < -0.4 is 10.2 Å². The quantitative estimate of drug-likeness (QED) is 0.548. The predicted molar refractivity (Wildman–Crippen MR) is 126 cm³/mol. The number of morpholine rings is 1. The molecule has 1 saturated heterocycles. The Balaban J connectivity index is 1.23. The monoisotopic (exact) mass is 466 g/mol. The van der Waals surface area contributed by atoms with Gasteiger partial charge in [0.05, 0.1) is 31.5 Å². The number of oxazole rings is 1. The lowest BCUT2D eigenvalue weighted by atomic mass is 10.2. The first-order valence-corrected chi connectivity index (χ1v) is 11.2.